The van der Waals surface area contributed by atoms with Gasteiger partial charge in [-0.05, 0) is 70.7 Å². The Morgan fingerprint density at radius 1 is 1.10 bits per heavy atom. The maximum absolute atomic E-state index is 3.85. The largest absolute Gasteiger partial charge is 0.307 e. The number of nitrogens with one attached hydrogen (secondary N) is 1. The number of hydrogen-bond acceptors (Lipinski definition) is 2. The SMILES string of the molecule is CCc1ccc(C(C)NC2CCCN(C(C)C)CC2)cc1. The predicted octanol–water partition coefficient (Wildman–Crippen LogP) is 4.16. The van der Waals surface area contributed by atoms with Crippen molar-refractivity contribution in [2.75, 3.05) is 13.1 Å². The van der Waals surface area contributed by atoms with Crippen LogP contribution in [0.25, 0.3) is 0 Å². The van der Waals surface area contributed by atoms with Crippen LogP contribution in [0.5, 0.6) is 0 Å². The molecule has 1 aromatic rings. The first-order chi connectivity index (χ1) is 10.1. The molecule has 0 aliphatic carbocycles. The van der Waals surface area contributed by atoms with E-state index in [1.165, 1.54) is 43.5 Å². The Hall–Kier alpha value is -0.860. The van der Waals surface area contributed by atoms with Crippen LogP contribution in [0.3, 0.4) is 0 Å². The van der Waals surface area contributed by atoms with Crippen LogP contribution < -0.4 is 5.32 Å². The van der Waals surface area contributed by atoms with Crippen molar-refractivity contribution >= 4 is 0 Å². The fraction of sp³-hybridized carbons (Fsp3) is 0.684. The van der Waals surface area contributed by atoms with E-state index in [2.05, 4.69) is 62.2 Å². The fourth-order valence-corrected chi connectivity index (χ4v) is 3.29. The molecule has 21 heavy (non-hydrogen) atoms. The van der Waals surface area contributed by atoms with Crippen molar-refractivity contribution in [1.29, 1.82) is 0 Å². The molecule has 1 aliphatic heterocycles. The molecule has 0 aromatic heterocycles. The van der Waals surface area contributed by atoms with Crippen LogP contribution in [-0.4, -0.2) is 30.1 Å². The number of likely N-dealkylation sites (tertiary alicyclic amines) is 1. The van der Waals surface area contributed by atoms with Crippen LogP contribution in [0.4, 0.5) is 0 Å². The van der Waals surface area contributed by atoms with Gasteiger partial charge in [0.05, 0.1) is 0 Å². The van der Waals surface area contributed by atoms with Gasteiger partial charge in [0, 0.05) is 18.1 Å². The summed E-state index contributed by atoms with van der Waals surface area (Å²) < 4.78 is 0. The van der Waals surface area contributed by atoms with Crippen molar-refractivity contribution in [2.45, 2.75) is 71.5 Å². The van der Waals surface area contributed by atoms with Crippen LogP contribution in [0.15, 0.2) is 24.3 Å². The lowest BCUT2D eigenvalue weighted by atomic mass is 10.0. The molecule has 2 unspecified atom stereocenters. The summed E-state index contributed by atoms with van der Waals surface area (Å²) in [4.78, 5) is 2.61. The van der Waals surface area contributed by atoms with Crippen molar-refractivity contribution in [3.63, 3.8) is 0 Å². The first-order valence-electron chi connectivity index (χ1n) is 8.69. The first kappa shape index (κ1) is 16.5. The quantitative estimate of drug-likeness (QED) is 0.875. The third-order valence-corrected chi connectivity index (χ3v) is 4.87. The molecule has 1 saturated heterocycles. The Balaban J connectivity index is 1.88. The molecule has 2 atom stereocenters. The van der Waals surface area contributed by atoms with Gasteiger partial charge in [0.1, 0.15) is 0 Å². The molecule has 0 saturated carbocycles. The van der Waals surface area contributed by atoms with E-state index in [0.29, 0.717) is 18.1 Å². The monoisotopic (exact) mass is 288 g/mol. The highest BCUT2D eigenvalue weighted by molar-refractivity contribution is 5.24. The summed E-state index contributed by atoms with van der Waals surface area (Å²) in [6, 6.07) is 10.9. The average Bonchev–Trinajstić information content (AvgIpc) is 2.73. The number of nitrogens with zero attached hydrogens (tertiary/aromatic N) is 1. The van der Waals surface area contributed by atoms with Gasteiger partial charge in [-0.1, -0.05) is 31.2 Å². The van der Waals surface area contributed by atoms with E-state index >= 15 is 0 Å². The summed E-state index contributed by atoms with van der Waals surface area (Å²) in [5.74, 6) is 0. The van der Waals surface area contributed by atoms with Crippen LogP contribution >= 0.6 is 0 Å². The van der Waals surface area contributed by atoms with E-state index in [1.54, 1.807) is 0 Å². The van der Waals surface area contributed by atoms with Crippen molar-refractivity contribution in [1.82, 2.24) is 10.2 Å². The molecule has 1 aliphatic rings. The summed E-state index contributed by atoms with van der Waals surface area (Å²) in [6.07, 6.45) is 5.02. The molecule has 1 heterocycles. The molecule has 1 fully saturated rings. The Bertz CT molecular complexity index is 410. The summed E-state index contributed by atoms with van der Waals surface area (Å²) in [6.45, 7) is 11.6. The third-order valence-electron chi connectivity index (χ3n) is 4.87. The van der Waals surface area contributed by atoms with Crippen molar-refractivity contribution in [3.8, 4) is 0 Å². The number of hydrogen-bond donors (Lipinski definition) is 1. The Kier molecular flexibility index (Phi) is 6.25. The molecule has 1 aromatic carbocycles. The second-order valence-electron chi connectivity index (χ2n) is 6.74. The molecule has 0 amide bonds. The van der Waals surface area contributed by atoms with Gasteiger partial charge in [-0.25, -0.2) is 0 Å². The molecular weight excluding hydrogens is 256 g/mol. The Morgan fingerprint density at radius 2 is 1.81 bits per heavy atom. The van der Waals surface area contributed by atoms with Gasteiger partial charge in [0.15, 0.2) is 0 Å². The van der Waals surface area contributed by atoms with Crippen molar-refractivity contribution in [3.05, 3.63) is 35.4 Å². The van der Waals surface area contributed by atoms with Gasteiger partial charge in [-0.15, -0.1) is 0 Å². The van der Waals surface area contributed by atoms with Gasteiger partial charge < -0.3 is 10.2 Å². The lowest BCUT2D eigenvalue weighted by Crippen LogP contribution is -2.34. The Morgan fingerprint density at radius 3 is 2.43 bits per heavy atom. The van der Waals surface area contributed by atoms with E-state index in [9.17, 15) is 0 Å². The molecule has 2 nitrogen and oxygen atoms in total. The zero-order valence-corrected chi connectivity index (χ0v) is 14.2. The predicted molar refractivity (Wildman–Crippen MR) is 91.7 cm³/mol. The van der Waals surface area contributed by atoms with Crippen molar-refractivity contribution in [2.24, 2.45) is 0 Å². The first-order valence-corrected chi connectivity index (χ1v) is 8.69. The lowest BCUT2D eigenvalue weighted by Gasteiger charge is -2.25. The van der Waals surface area contributed by atoms with Crippen molar-refractivity contribution < 1.29 is 0 Å². The molecule has 0 bridgehead atoms. The van der Waals surface area contributed by atoms with E-state index in [0.717, 1.165) is 6.42 Å². The van der Waals surface area contributed by atoms with Gasteiger partial charge in [0.2, 0.25) is 0 Å². The maximum Gasteiger partial charge on any atom is 0.0294 e. The molecule has 1 N–H and O–H groups in total. The normalized spacial score (nSPS) is 22.2. The second kappa shape index (κ2) is 7.95. The second-order valence-corrected chi connectivity index (χ2v) is 6.74. The summed E-state index contributed by atoms with van der Waals surface area (Å²) in [5.41, 5.74) is 2.84. The van der Waals surface area contributed by atoms with Gasteiger partial charge in [-0.3, -0.25) is 0 Å². The number of rotatable bonds is 5. The van der Waals surface area contributed by atoms with Crippen LogP contribution in [-0.2, 0) is 6.42 Å². The molecule has 118 valence electrons. The van der Waals surface area contributed by atoms with Gasteiger partial charge in [-0.2, -0.15) is 0 Å². The van der Waals surface area contributed by atoms with Gasteiger partial charge >= 0.3 is 0 Å². The molecule has 0 spiro atoms. The summed E-state index contributed by atoms with van der Waals surface area (Å²) >= 11 is 0. The molecule has 2 rings (SSSR count). The van der Waals surface area contributed by atoms with Crippen LogP contribution in [0, 0.1) is 0 Å². The average molecular weight is 288 g/mol. The number of benzene rings is 1. The standard InChI is InChI=1S/C19H32N2/c1-5-17-8-10-18(11-9-17)16(4)20-19-7-6-13-21(14-12-19)15(2)3/h8-11,15-16,19-20H,5-7,12-14H2,1-4H3. The van der Waals surface area contributed by atoms with Gasteiger partial charge in [0.25, 0.3) is 0 Å². The Labute approximate surface area is 130 Å². The zero-order valence-electron chi connectivity index (χ0n) is 14.2. The minimum atomic E-state index is 0.450. The summed E-state index contributed by atoms with van der Waals surface area (Å²) in [7, 11) is 0. The third kappa shape index (κ3) is 4.82. The minimum absolute atomic E-state index is 0.450. The van der Waals surface area contributed by atoms with Crippen LogP contribution in [0.1, 0.15) is 64.1 Å². The lowest BCUT2D eigenvalue weighted by molar-refractivity contribution is 0.228. The maximum atomic E-state index is 3.85. The van der Waals surface area contributed by atoms with E-state index in [4.69, 9.17) is 0 Å². The van der Waals surface area contributed by atoms with Crippen LogP contribution in [0.2, 0.25) is 0 Å². The highest BCUT2D eigenvalue weighted by Crippen LogP contribution is 2.19. The highest BCUT2D eigenvalue weighted by Gasteiger charge is 2.20. The van der Waals surface area contributed by atoms with E-state index < -0.39 is 0 Å². The van der Waals surface area contributed by atoms with E-state index in [-0.39, 0.29) is 0 Å². The topological polar surface area (TPSA) is 15.3 Å². The number of aryl methyl sites for hydroxylation is 1. The molecule has 0 radical (unpaired) electrons. The van der Waals surface area contributed by atoms with E-state index in [1.807, 2.05) is 0 Å². The summed E-state index contributed by atoms with van der Waals surface area (Å²) in [5, 5.41) is 3.85. The molecule has 2 heteroatoms. The minimum Gasteiger partial charge on any atom is -0.307 e. The smallest absolute Gasteiger partial charge is 0.0294 e. The zero-order chi connectivity index (χ0) is 15.2. The fourth-order valence-electron chi connectivity index (χ4n) is 3.29. The molecular formula is C19H32N2. The highest BCUT2D eigenvalue weighted by atomic mass is 15.1.